The summed E-state index contributed by atoms with van der Waals surface area (Å²) in [5.74, 6) is -0.375. The molecule has 0 aliphatic heterocycles. The molecule has 0 atom stereocenters. The van der Waals surface area contributed by atoms with E-state index in [2.05, 4.69) is 0 Å². The van der Waals surface area contributed by atoms with Crippen molar-refractivity contribution in [2.75, 3.05) is 0 Å². The maximum absolute atomic E-state index is 13.4. The third kappa shape index (κ3) is 2.64. The van der Waals surface area contributed by atoms with E-state index in [0.29, 0.717) is 15.6 Å². The lowest BCUT2D eigenvalue weighted by Crippen LogP contribution is -1.90. The summed E-state index contributed by atoms with van der Waals surface area (Å²) in [4.78, 5) is 0. The molecule has 1 nitrogen and oxygen atoms in total. The van der Waals surface area contributed by atoms with Gasteiger partial charge in [0.15, 0.2) is 0 Å². The van der Waals surface area contributed by atoms with E-state index in [0.717, 1.165) is 11.1 Å². The second kappa shape index (κ2) is 5.39. The van der Waals surface area contributed by atoms with Gasteiger partial charge in [-0.1, -0.05) is 35.3 Å². The highest BCUT2D eigenvalue weighted by molar-refractivity contribution is 6.42. The van der Waals surface area contributed by atoms with Crippen LogP contribution in [0.15, 0.2) is 36.4 Å². The predicted molar refractivity (Wildman–Crippen MR) is 71.2 cm³/mol. The highest BCUT2D eigenvalue weighted by Gasteiger charge is 2.06. The summed E-state index contributed by atoms with van der Waals surface area (Å²) in [6.07, 6.45) is 0.0427. The van der Waals surface area contributed by atoms with Crippen molar-refractivity contribution in [2.24, 2.45) is 0 Å². The second-order valence-corrected chi connectivity index (χ2v) is 4.58. The normalized spacial score (nSPS) is 10.1. The zero-order valence-electron chi connectivity index (χ0n) is 9.25. The number of halogens is 3. The minimum atomic E-state index is -0.375. The van der Waals surface area contributed by atoms with Crippen LogP contribution in [0.3, 0.4) is 0 Å². The molecule has 0 fully saturated rings. The van der Waals surface area contributed by atoms with Gasteiger partial charge in [-0.25, -0.2) is 4.39 Å². The van der Waals surface area contributed by atoms with Gasteiger partial charge in [-0.05, 0) is 35.4 Å². The minimum absolute atomic E-state index is 0.0427. The average Bonchev–Trinajstić information content (AvgIpc) is 2.36. The van der Waals surface area contributed by atoms with Crippen molar-refractivity contribution in [3.8, 4) is 17.2 Å². The first-order valence-electron chi connectivity index (χ1n) is 5.22. The van der Waals surface area contributed by atoms with E-state index in [4.69, 9.17) is 28.5 Å². The lowest BCUT2D eigenvalue weighted by Gasteiger charge is -2.06. The fraction of sp³-hybridized carbons (Fsp3) is 0.0714. The smallest absolute Gasteiger partial charge is 0.127 e. The number of hydrogen-bond donors (Lipinski definition) is 0. The predicted octanol–water partition coefficient (Wildman–Crippen LogP) is 4.87. The van der Waals surface area contributed by atoms with Crippen molar-refractivity contribution in [3.63, 3.8) is 0 Å². The maximum Gasteiger partial charge on any atom is 0.127 e. The average molecular weight is 280 g/mol. The van der Waals surface area contributed by atoms with Crippen molar-refractivity contribution in [1.29, 1.82) is 5.26 Å². The molecule has 18 heavy (non-hydrogen) atoms. The Balaban J connectivity index is 2.48. The molecule has 90 valence electrons. The van der Waals surface area contributed by atoms with Crippen molar-refractivity contribution in [2.45, 2.75) is 6.42 Å². The number of nitrogens with zero attached hydrogens (tertiary/aromatic N) is 1. The highest BCUT2D eigenvalue weighted by Crippen LogP contribution is 2.29. The quantitative estimate of drug-likeness (QED) is 0.770. The summed E-state index contributed by atoms with van der Waals surface area (Å²) >= 11 is 11.8. The van der Waals surface area contributed by atoms with Crippen molar-refractivity contribution >= 4 is 23.2 Å². The molecule has 0 saturated carbocycles. The number of hydrogen-bond acceptors (Lipinski definition) is 1. The van der Waals surface area contributed by atoms with Crippen LogP contribution in [0, 0.1) is 17.1 Å². The molecule has 0 N–H and O–H groups in total. The molecule has 2 aromatic rings. The highest BCUT2D eigenvalue weighted by atomic mass is 35.5. The summed E-state index contributed by atoms with van der Waals surface area (Å²) in [7, 11) is 0. The van der Waals surface area contributed by atoms with Gasteiger partial charge in [0.2, 0.25) is 0 Å². The van der Waals surface area contributed by atoms with Crippen LogP contribution in [0.25, 0.3) is 11.1 Å². The SMILES string of the molecule is N#CCc1cc(-c2ccc(Cl)c(Cl)c2)ccc1F. The molecule has 0 unspecified atom stereocenters. The van der Waals surface area contributed by atoms with Crippen molar-refractivity contribution < 1.29 is 4.39 Å². The Morgan fingerprint density at radius 2 is 1.67 bits per heavy atom. The standard InChI is InChI=1S/C14H8Cl2FN/c15-12-3-1-10(8-13(12)16)9-2-4-14(17)11(7-9)5-6-18/h1-4,7-8H,5H2. The molecule has 0 bridgehead atoms. The zero-order chi connectivity index (χ0) is 13.1. The fourth-order valence-electron chi connectivity index (χ4n) is 1.65. The van der Waals surface area contributed by atoms with E-state index >= 15 is 0 Å². The molecule has 0 heterocycles. The number of benzene rings is 2. The summed E-state index contributed by atoms with van der Waals surface area (Å²) in [5.41, 5.74) is 2.02. The van der Waals surface area contributed by atoms with Gasteiger partial charge in [0.1, 0.15) is 5.82 Å². The lowest BCUT2D eigenvalue weighted by molar-refractivity contribution is 0.615. The van der Waals surface area contributed by atoms with Crippen LogP contribution < -0.4 is 0 Å². The van der Waals surface area contributed by atoms with Crippen molar-refractivity contribution in [1.82, 2.24) is 0 Å². The molecule has 0 aromatic heterocycles. The fourth-order valence-corrected chi connectivity index (χ4v) is 1.95. The van der Waals surface area contributed by atoms with Gasteiger partial charge in [-0.15, -0.1) is 0 Å². The first-order valence-corrected chi connectivity index (χ1v) is 5.98. The molecule has 2 aromatic carbocycles. The molecule has 0 amide bonds. The van der Waals surface area contributed by atoms with Crippen LogP contribution >= 0.6 is 23.2 Å². The van der Waals surface area contributed by atoms with E-state index in [-0.39, 0.29) is 12.2 Å². The van der Waals surface area contributed by atoms with Crippen LogP contribution in [-0.2, 0) is 6.42 Å². The summed E-state index contributed by atoms with van der Waals surface area (Å²) < 4.78 is 13.4. The number of rotatable bonds is 2. The van der Waals surface area contributed by atoms with Crippen LogP contribution in [0.4, 0.5) is 4.39 Å². The van der Waals surface area contributed by atoms with E-state index in [1.165, 1.54) is 6.07 Å². The third-order valence-electron chi connectivity index (χ3n) is 2.57. The maximum atomic E-state index is 13.4. The minimum Gasteiger partial charge on any atom is -0.207 e. The van der Waals surface area contributed by atoms with Crippen LogP contribution in [0.1, 0.15) is 5.56 Å². The van der Waals surface area contributed by atoms with Crippen LogP contribution in [0.2, 0.25) is 10.0 Å². The van der Waals surface area contributed by atoms with Gasteiger partial charge in [-0.2, -0.15) is 5.26 Å². The second-order valence-electron chi connectivity index (χ2n) is 3.77. The Kier molecular flexibility index (Phi) is 3.86. The van der Waals surface area contributed by atoms with E-state index in [1.54, 1.807) is 30.3 Å². The van der Waals surface area contributed by atoms with Gasteiger partial charge in [0, 0.05) is 5.56 Å². The van der Waals surface area contributed by atoms with Gasteiger partial charge in [0.05, 0.1) is 22.5 Å². The Morgan fingerprint density at radius 1 is 1.00 bits per heavy atom. The van der Waals surface area contributed by atoms with Gasteiger partial charge >= 0.3 is 0 Å². The van der Waals surface area contributed by atoms with E-state index in [9.17, 15) is 4.39 Å². The Morgan fingerprint density at radius 3 is 2.33 bits per heavy atom. The summed E-state index contributed by atoms with van der Waals surface area (Å²) in [6.45, 7) is 0. The van der Waals surface area contributed by atoms with Gasteiger partial charge in [-0.3, -0.25) is 0 Å². The van der Waals surface area contributed by atoms with Gasteiger partial charge < -0.3 is 0 Å². The van der Waals surface area contributed by atoms with Crippen LogP contribution in [0.5, 0.6) is 0 Å². The third-order valence-corrected chi connectivity index (χ3v) is 3.31. The first kappa shape index (κ1) is 12.9. The van der Waals surface area contributed by atoms with E-state index < -0.39 is 0 Å². The Hall–Kier alpha value is -1.56. The summed E-state index contributed by atoms with van der Waals surface area (Å²) in [5, 5.41) is 9.55. The zero-order valence-corrected chi connectivity index (χ0v) is 10.8. The Labute approximate surface area is 114 Å². The number of nitriles is 1. The van der Waals surface area contributed by atoms with E-state index in [1.807, 2.05) is 6.07 Å². The monoisotopic (exact) mass is 279 g/mol. The molecule has 0 aliphatic carbocycles. The first-order chi connectivity index (χ1) is 8.61. The van der Waals surface area contributed by atoms with Crippen LogP contribution in [-0.4, -0.2) is 0 Å². The molecule has 0 radical (unpaired) electrons. The van der Waals surface area contributed by atoms with Crippen molar-refractivity contribution in [3.05, 3.63) is 57.8 Å². The molecule has 0 saturated heterocycles. The molecular formula is C14H8Cl2FN. The topological polar surface area (TPSA) is 23.8 Å². The molecule has 2 rings (SSSR count). The largest absolute Gasteiger partial charge is 0.207 e. The Bertz CT molecular complexity index is 632. The van der Waals surface area contributed by atoms with Gasteiger partial charge in [0.25, 0.3) is 0 Å². The molecule has 0 spiro atoms. The molecule has 4 heteroatoms. The lowest BCUT2D eigenvalue weighted by atomic mass is 10.0. The molecule has 0 aliphatic rings. The summed E-state index contributed by atoms with van der Waals surface area (Å²) in [6, 6.07) is 11.8. The molecular weight excluding hydrogens is 272 g/mol.